The van der Waals surface area contributed by atoms with E-state index in [9.17, 15) is 9.59 Å². The molecule has 1 amide bonds. The maximum Gasteiger partial charge on any atom is 0.343 e. The Morgan fingerprint density at radius 2 is 1.63 bits per heavy atom. The van der Waals surface area contributed by atoms with Gasteiger partial charge >= 0.3 is 5.69 Å². The Bertz CT molecular complexity index is 985. The average Bonchev–Trinajstić information content (AvgIpc) is 3.11. The molecule has 0 radical (unpaired) electrons. The molecule has 0 aliphatic rings. The van der Waals surface area contributed by atoms with Crippen LogP contribution in [-0.2, 0) is 24.2 Å². The molecule has 7 heteroatoms. The molecule has 0 unspecified atom stereocenters. The number of aromatic amines is 1. The highest BCUT2D eigenvalue weighted by atomic mass is 32.2. The van der Waals surface area contributed by atoms with Crippen LogP contribution in [0.5, 0.6) is 0 Å². The summed E-state index contributed by atoms with van der Waals surface area (Å²) in [5.74, 6) is -0.0504. The molecule has 0 saturated heterocycles. The molecule has 0 aliphatic carbocycles. The highest BCUT2D eigenvalue weighted by Crippen LogP contribution is 2.20. The number of nitrogens with one attached hydrogen (secondary N) is 2. The van der Waals surface area contributed by atoms with Gasteiger partial charge in [-0.25, -0.2) is 9.89 Å². The van der Waals surface area contributed by atoms with Gasteiger partial charge in [0.05, 0.1) is 5.25 Å². The standard InChI is InChI=1S/C23H28N4O2S/c1-17(13-14-19-9-5-3-6-10-19)24-21(28)18(2)30-23-26-25-22(29)27(23)16-15-20-11-7-4-8-12-20/h3-12,17-18H,13-16H2,1-2H3,(H,24,28)(H,25,29)/t17-,18-/m1/s1. The second kappa shape index (κ2) is 10.8. The summed E-state index contributed by atoms with van der Waals surface area (Å²) < 4.78 is 1.60. The molecule has 2 aromatic carbocycles. The van der Waals surface area contributed by atoms with Crippen LogP contribution >= 0.6 is 11.8 Å². The third-order valence-electron chi connectivity index (χ3n) is 4.94. The zero-order chi connectivity index (χ0) is 21.3. The lowest BCUT2D eigenvalue weighted by atomic mass is 10.1. The largest absolute Gasteiger partial charge is 0.353 e. The van der Waals surface area contributed by atoms with E-state index in [0.29, 0.717) is 11.7 Å². The summed E-state index contributed by atoms with van der Waals surface area (Å²) >= 11 is 1.30. The van der Waals surface area contributed by atoms with Gasteiger partial charge in [0.2, 0.25) is 5.91 Å². The highest BCUT2D eigenvalue weighted by molar-refractivity contribution is 8.00. The Morgan fingerprint density at radius 1 is 1.03 bits per heavy atom. The summed E-state index contributed by atoms with van der Waals surface area (Å²) in [7, 11) is 0. The average molecular weight is 425 g/mol. The van der Waals surface area contributed by atoms with Crippen molar-refractivity contribution >= 4 is 17.7 Å². The summed E-state index contributed by atoms with van der Waals surface area (Å²) in [5.41, 5.74) is 2.16. The molecule has 6 nitrogen and oxygen atoms in total. The molecule has 3 aromatic rings. The van der Waals surface area contributed by atoms with E-state index in [0.717, 1.165) is 24.8 Å². The number of amides is 1. The van der Waals surface area contributed by atoms with Crippen LogP contribution in [0, 0.1) is 0 Å². The van der Waals surface area contributed by atoms with E-state index in [1.54, 1.807) is 4.57 Å². The normalized spacial score (nSPS) is 13.0. The van der Waals surface area contributed by atoms with Gasteiger partial charge in [0, 0.05) is 12.6 Å². The number of H-pyrrole nitrogens is 1. The third kappa shape index (κ3) is 6.35. The van der Waals surface area contributed by atoms with Crippen molar-refractivity contribution in [2.75, 3.05) is 0 Å². The Balaban J connectivity index is 1.51. The first-order chi connectivity index (χ1) is 14.5. The van der Waals surface area contributed by atoms with Crippen LogP contribution in [0.4, 0.5) is 0 Å². The molecule has 0 bridgehead atoms. The molecular formula is C23H28N4O2S. The number of benzene rings is 2. The van der Waals surface area contributed by atoms with Crippen LogP contribution in [0.25, 0.3) is 0 Å². The van der Waals surface area contributed by atoms with Crippen molar-refractivity contribution in [2.45, 2.75) is 56.1 Å². The van der Waals surface area contributed by atoms with Crippen molar-refractivity contribution in [3.05, 3.63) is 82.3 Å². The van der Waals surface area contributed by atoms with Crippen LogP contribution in [0.3, 0.4) is 0 Å². The minimum atomic E-state index is -0.352. The molecule has 2 N–H and O–H groups in total. The molecule has 0 saturated carbocycles. The Morgan fingerprint density at radius 3 is 2.27 bits per heavy atom. The van der Waals surface area contributed by atoms with Crippen LogP contribution < -0.4 is 11.0 Å². The van der Waals surface area contributed by atoms with E-state index >= 15 is 0 Å². The predicted molar refractivity (Wildman–Crippen MR) is 121 cm³/mol. The number of nitrogens with zero attached hydrogens (tertiary/aromatic N) is 2. The van der Waals surface area contributed by atoms with E-state index in [4.69, 9.17) is 0 Å². The van der Waals surface area contributed by atoms with E-state index in [-0.39, 0.29) is 22.9 Å². The summed E-state index contributed by atoms with van der Waals surface area (Å²) in [4.78, 5) is 24.8. The van der Waals surface area contributed by atoms with Crippen LogP contribution in [0.1, 0.15) is 31.4 Å². The van der Waals surface area contributed by atoms with Gasteiger partial charge in [0.25, 0.3) is 0 Å². The van der Waals surface area contributed by atoms with Gasteiger partial charge in [-0.15, -0.1) is 5.10 Å². The maximum atomic E-state index is 12.6. The van der Waals surface area contributed by atoms with Gasteiger partial charge in [-0.1, -0.05) is 72.4 Å². The van der Waals surface area contributed by atoms with Crippen molar-refractivity contribution in [3.63, 3.8) is 0 Å². The highest BCUT2D eigenvalue weighted by Gasteiger charge is 2.20. The number of hydrogen-bond donors (Lipinski definition) is 2. The molecular weight excluding hydrogens is 396 g/mol. The quantitative estimate of drug-likeness (QED) is 0.489. The number of hydrogen-bond acceptors (Lipinski definition) is 4. The molecule has 2 atom stereocenters. The van der Waals surface area contributed by atoms with Gasteiger partial charge in [0.1, 0.15) is 0 Å². The van der Waals surface area contributed by atoms with Crippen molar-refractivity contribution in [1.82, 2.24) is 20.1 Å². The summed E-state index contributed by atoms with van der Waals surface area (Å²) in [6.45, 7) is 4.37. The van der Waals surface area contributed by atoms with Gasteiger partial charge in [0.15, 0.2) is 5.16 Å². The summed E-state index contributed by atoms with van der Waals surface area (Å²) in [6.07, 6.45) is 2.52. The number of aromatic nitrogens is 3. The van der Waals surface area contributed by atoms with E-state index in [2.05, 4.69) is 27.6 Å². The van der Waals surface area contributed by atoms with Crippen LogP contribution in [-0.4, -0.2) is 32.0 Å². The Hall–Kier alpha value is -2.80. The Kier molecular flexibility index (Phi) is 7.90. The molecule has 0 aliphatic heterocycles. The van der Waals surface area contributed by atoms with Gasteiger partial charge in [-0.3, -0.25) is 9.36 Å². The molecule has 1 heterocycles. The lowest BCUT2D eigenvalue weighted by Gasteiger charge is -2.17. The Labute approximate surface area is 181 Å². The minimum absolute atomic E-state index is 0.0504. The van der Waals surface area contributed by atoms with E-state index in [1.807, 2.05) is 62.4 Å². The topological polar surface area (TPSA) is 79.8 Å². The molecule has 1 aromatic heterocycles. The van der Waals surface area contributed by atoms with Gasteiger partial charge in [-0.2, -0.15) is 0 Å². The van der Waals surface area contributed by atoms with E-state index < -0.39 is 0 Å². The minimum Gasteiger partial charge on any atom is -0.353 e. The zero-order valence-electron chi connectivity index (χ0n) is 17.4. The fourth-order valence-corrected chi connectivity index (χ4v) is 4.04. The molecule has 30 heavy (non-hydrogen) atoms. The first-order valence-electron chi connectivity index (χ1n) is 10.2. The fourth-order valence-electron chi connectivity index (χ4n) is 3.15. The van der Waals surface area contributed by atoms with Crippen LogP contribution in [0.2, 0.25) is 0 Å². The van der Waals surface area contributed by atoms with Gasteiger partial charge < -0.3 is 5.32 Å². The number of rotatable bonds is 10. The van der Waals surface area contributed by atoms with Crippen molar-refractivity contribution < 1.29 is 4.79 Å². The number of carbonyl (C=O) groups is 1. The smallest absolute Gasteiger partial charge is 0.343 e. The second-order valence-electron chi connectivity index (χ2n) is 7.39. The van der Waals surface area contributed by atoms with Crippen molar-refractivity contribution in [2.24, 2.45) is 0 Å². The number of aryl methyl sites for hydroxylation is 2. The molecule has 0 spiro atoms. The number of carbonyl (C=O) groups excluding carboxylic acids is 1. The van der Waals surface area contributed by atoms with E-state index in [1.165, 1.54) is 17.3 Å². The molecule has 158 valence electrons. The van der Waals surface area contributed by atoms with Crippen molar-refractivity contribution in [1.29, 1.82) is 0 Å². The molecule has 0 fully saturated rings. The first-order valence-corrected chi connectivity index (χ1v) is 11.1. The molecule has 3 rings (SSSR count). The van der Waals surface area contributed by atoms with Gasteiger partial charge in [-0.05, 0) is 44.2 Å². The third-order valence-corrected chi connectivity index (χ3v) is 6.03. The monoisotopic (exact) mass is 424 g/mol. The predicted octanol–water partition coefficient (Wildman–Crippen LogP) is 3.43. The first kappa shape index (κ1) is 21.9. The fraction of sp³-hybridized carbons (Fsp3) is 0.348. The maximum absolute atomic E-state index is 12.6. The number of thioether (sulfide) groups is 1. The van der Waals surface area contributed by atoms with Crippen molar-refractivity contribution in [3.8, 4) is 0 Å². The summed E-state index contributed by atoms with van der Waals surface area (Å²) in [5, 5.41) is 9.87. The zero-order valence-corrected chi connectivity index (χ0v) is 18.2. The second-order valence-corrected chi connectivity index (χ2v) is 8.70. The lowest BCUT2D eigenvalue weighted by Crippen LogP contribution is -2.38. The lowest BCUT2D eigenvalue weighted by molar-refractivity contribution is -0.120. The summed E-state index contributed by atoms with van der Waals surface area (Å²) in [6, 6.07) is 20.3. The van der Waals surface area contributed by atoms with Crippen LogP contribution in [0.15, 0.2) is 70.6 Å². The SMILES string of the molecule is C[C@H](CCc1ccccc1)NC(=O)[C@@H](C)Sc1n[nH]c(=O)n1CCc1ccccc1.